The van der Waals surface area contributed by atoms with Crippen LogP contribution in [-0.2, 0) is 9.59 Å². The first-order valence-electron chi connectivity index (χ1n) is 6.75. The third-order valence-corrected chi connectivity index (χ3v) is 3.96. The van der Waals surface area contributed by atoms with Crippen molar-refractivity contribution in [3.63, 3.8) is 0 Å². The van der Waals surface area contributed by atoms with Gasteiger partial charge in [0.05, 0.1) is 5.69 Å². The van der Waals surface area contributed by atoms with E-state index in [9.17, 15) is 9.59 Å². The lowest BCUT2D eigenvalue weighted by molar-refractivity contribution is -0.143. The van der Waals surface area contributed by atoms with Crippen LogP contribution in [0.3, 0.4) is 0 Å². The Morgan fingerprint density at radius 1 is 1.13 bits per heavy atom. The van der Waals surface area contributed by atoms with Gasteiger partial charge in [0.25, 0.3) is 17.4 Å². The lowest BCUT2D eigenvalue weighted by atomic mass is 10.0. The molecule has 1 aliphatic heterocycles. The Bertz CT molecular complexity index is 792. The Balaban J connectivity index is 1.85. The molecule has 0 spiro atoms. The van der Waals surface area contributed by atoms with Crippen LogP contribution in [0.25, 0.3) is 0 Å². The highest BCUT2D eigenvalue weighted by molar-refractivity contribution is 6.31. The second-order valence-electron chi connectivity index (χ2n) is 5.19. The van der Waals surface area contributed by atoms with Gasteiger partial charge in [0.15, 0.2) is 0 Å². The first-order valence-corrected chi connectivity index (χ1v) is 7.51. The minimum atomic E-state index is -1.69. The fourth-order valence-electron chi connectivity index (χ4n) is 2.13. The zero-order chi connectivity index (χ0) is 16.6. The molecule has 1 aliphatic rings. The van der Waals surface area contributed by atoms with Crippen molar-refractivity contribution in [2.45, 2.75) is 12.5 Å². The largest absolute Gasteiger partial charge is 0.466 e. The van der Waals surface area contributed by atoms with Crippen LogP contribution in [0.2, 0.25) is 10.0 Å². The number of benzene rings is 2. The van der Waals surface area contributed by atoms with Gasteiger partial charge in [-0.3, -0.25) is 9.59 Å². The number of rotatable bonds is 2. The molecule has 5 nitrogen and oxygen atoms in total. The zero-order valence-corrected chi connectivity index (χ0v) is 13.5. The van der Waals surface area contributed by atoms with Crippen LogP contribution in [0.4, 0.5) is 11.4 Å². The van der Waals surface area contributed by atoms with Crippen molar-refractivity contribution >= 4 is 46.4 Å². The molecule has 0 fully saturated rings. The summed E-state index contributed by atoms with van der Waals surface area (Å²) in [7, 11) is 0. The van der Waals surface area contributed by atoms with E-state index in [0.29, 0.717) is 27.2 Å². The number of carbonyl (C=O) groups excluding carboxylic acids is 2. The van der Waals surface area contributed by atoms with E-state index in [0.717, 1.165) is 0 Å². The summed E-state index contributed by atoms with van der Waals surface area (Å²) in [4.78, 5) is 24.8. The van der Waals surface area contributed by atoms with Crippen molar-refractivity contribution in [3.05, 3.63) is 52.5 Å². The Labute approximate surface area is 142 Å². The van der Waals surface area contributed by atoms with Crippen LogP contribution in [0.5, 0.6) is 5.75 Å². The Morgan fingerprint density at radius 3 is 2.48 bits per heavy atom. The highest BCUT2D eigenvalue weighted by Gasteiger charge is 2.47. The molecular formula is C16H12Cl2N2O3. The van der Waals surface area contributed by atoms with Gasteiger partial charge >= 0.3 is 0 Å². The molecule has 0 bridgehead atoms. The summed E-state index contributed by atoms with van der Waals surface area (Å²) >= 11 is 11.7. The van der Waals surface area contributed by atoms with E-state index in [-0.39, 0.29) is 0 Å². The van der Waals surface area contributed by atoms with Crippen LogP contribution in [0.15, 0.2) is 42.5 Å². The smallest absolute Gasteiger partial charge is 0.278 e. The Morgan fingerprint density at radius 2 is 1.78 bits per heavy atom. The van der Waals surface area contributed by atoms with Crippen molar-refractivity contribution in [1.82, 2.24) is 0 Å². The Kier molecular flexibility index (Phi) is 3.92. The number of carbonyl (C=O) groups is 2. The van der Waals surface area contributed by atoms with Gasteiger partial charge in [-0.1, -0.05) is 23.2 Å². The number of amides is 2. The van der Waals surface area contributed by atoms with Crippen LogP contribution >= 0.6 is 23.2 Å². The molecule has 2 amide bonds. The maximum atomic E-state index is 12.5. The number of halogens is 2. The van der Waals surface area contributed by atoms with Crippen LogP contribution in [0.1, 0.15) is 6.92 Å². The van der Waals surface area contributed by atoms with Gasteiger partial charge < -0.3 is 15.4 Å². The van der Waals surface area contributed by atoms with Crippen LogP contribution in [-0.4, -0.2) is 17.4 Å². The zero-order valence-electron chi connectivity index (χ0n) is 12.0. The van der Waals surface area contributed by atoms with Crippen LogP contribution < -0.4 is 15.4 Å². The van der Waals surface area contributed by atoms with Crippen molar-refractivity contribution in [3.8, 4) is 5.75 Å². The van der Waals surface area contributed by atoms with E-state index in [1.807, 2.05) is 0 Å². The van der Waals surface area contributed by atoms with Crippen molar-refractivity contribution in [2.75, 3.05) is 10.6 Å². The lowest BCUT2D eigenvalue weighted by Crippen LogP contribution is -2.56. The maximum absolute atomic E-state index is 12.5. The summed E-state index contributed by atoms with van der Waals surface area (Å²) in [6.07, 6.45) is 0. The molecule has 23 heavy (non-hydrogen) atoms. The van der Waals surface area contributed by atoms with Gasteiger partial charge in [-0.15, -0.1) is 0 Å². The number of anilines is 2. The average molecular weight is 351 g/mol. The molecule has 0 saturated carbocycles. The van der Waals surface area contributed by atoms with Gasteiger partial charge in [0, 0.05) is 15.7 Å². The van der Waals surface area contributed by atoms with E-state index in [2.05, 4.69) is 10.6 Å². The van der Waals surface area contributed by atoms with Gasteiger partial charge in [-0.25, -0.2) is 0 Å². The predicted octanol–water partition coefficient (Wildman–Crippen LogP) is 3.72. The maximum Gasteiger partial charge on any atom is 0.278 e. The normalized spacial score (nSPS) is 19.3. The molecule has 7 heteroatoms. The molecule has 3 rings (SSSR count). The quantitative estimate of drug-likeness (QED) is 0.811. The van der Waals surface area contributed by atoms with Gasteiger partial charge in [-0.05, 0) is 49.4 Å². The molecule has 2 N–H and O–H groups in total. The van der Waals surface area contributed by atoms with E-state index < -0.39 is 17.4 Å². The predicted molar refractivity (Wildman–Crippen MR) is 89.2 cm³/mol. The van der Waals surface area contributed by atoms with E-state index in [1.165, 1.54) is 6.92 Å². The first-order chi connectivity index (χ1) is 10.9. The standard InChI is InChI=1S/C16H12Cl2N2O3/c1-16(14(21)19-11-5-2-9(17)3-6-11)15(22)20-12-8-10(18)4-7-13(12)23-16/h2-8H,1H3,(H,19,21)(H,20,22). The SMILES string of the molecule is CC1(C(=O)Nc2ccc(Cl)cc2)Oc2ccc(Cl)cc2NC1=O. The second-order valence-corrected chi connectivity index (χ2v) is 6.06. The van der Waals surface area contributed by atoms with Gasteiger partial charge in [0.1, 0.15) is 5.75 Å². The average Bonchev–Trinajstić information content (AvgIpc) is 2.51. The highest BCUT2D eigenvalue weighted by Crippen LogP contribution is 2.36. The summed E-state index contributed by atoms with van der Waals surface area (Å²) in [5.41, 5.74) is -0.751. The van der Waals surface area contributed by atoms with Gasteiger partial charge in [-0.2, -0.15) is 0 Å². The molecule has 1 heterocycles. The second kappa shape index (κ2) is 5.76. The summed E-state index contributed by atoms with van der Waals surface area (Å²) in [6, 6.07) is 11.3. The number of hydrogen-bond donors (Lipinski definition) is 2. The van der Waals surface area contributed by atoms with Crippen molar-refractivity contribution in [1.29, 1.82) is 0 Å². The number of nitrogens with one attached hydrogen (secondary N) is 2. The third kappa shape index (κ3) is 2.98. The fraction of sp³-hybridized carbons (Fsp3) is 0.125. The summed E-state index contributed by atoms with van der Waals surface area (Å²) in [5.74, 6) is -0.778. The number of ether oxygens (including phenoxy) is 1. The van der Waals surface area contributed by atoms with E-state index in [1.54, 1.807) is 42.5 Å². The molecule has 1 atom stereocenters. The molecule has 2 aromatic rings. The lowest BCUT2D eigenvalue weighted by Gasteiger charge is -2.33. The molecule has 0 aliphatic carbocycles. The molecule has 118 valence electrons. The number of fused-ring (bicyclic) bond motifs is 1. The van der Waals surface area contributed by atoms with Crippen molar-refractivity contribution < 1.29 is 14.3 Å². The first kappa shape index (κ1) is 15.6. The minimum Gasteiger partial charge on any atom is -0.466 e. The fourth-order valence-corrected chi connectivity index (χ4v) is 2.43. The molecule has 0 radical (unpaired) electrons. The molecule has 0 saturated heterocycles. The summed E-state index contributed by atoms with van der Waals surface area (Å²) < 4.78 is 5.64. The third-order valence-electron chi connectivity index (χ3n) is 3.47. The molecule has 0 aromatic heterocycles. The molecular weight excluding hydrogens is 339 g/mol. The Hall–Kier alpha value is -2.24. The highest BCUT2D eigenvalue weighted by atomic mass is 35.5. The topological polar surface area (TPSA) is 67.4 Å². The molecule has 2 aromatic carbocycles. The van der Waals surface area contributed by atoms with Crippen molar-refractivity contribution in [2.24, 2.45) is 0 Å². The monoisotopic (exact) mass is 350 g/mol. The summed E-state index contributed by atoms with van der Waals surface area (Å²) in [6.45, 7) is 1.41. The molecule has 1 unspecified atom stereocenters. The minimum absolute atomic E-state index is 0.378. The number of hydrogen-bond acceptors (Lipinski definition) is 3. The van der Waals surface area contributed by atoms with E-state index >= 15 is 0 Å². The van der Waals surface area contributed by atoms with Gasteiger partial charge in [0.2, 0.25) is 0 Å². The van der Waals surface area contributed by atoms with Crippen LogP contribution in [0, 0.1) is 0 Å². The van der Waals surface area contributed by atoms with E-state index in [4.69, 9.17) is 27.9 Å². The summed E-state index contributed by atoms with van der Waals surface area (Å²) in [5, 5.41) is 6.29.